The van der Waals surface area contributed by atoms with Gasteiger partial charge in [-0.2, -0.15) is 5.10 Å². The third-order valence-electron chi connectivity index (χ3n) is 11.4. The molecule has 0 spiro atoms. The minimum atomic E-state index is -1.15. The fourth-order valence-corrected chi connectivity index (χ4v) is 9.06. The minimum Gasteiger partial charge on any atom is -0.465 e. The number of aromatic nitrogens is 4. The number of piperidine rings is 1. The second-order valence-corrected chi connectivity index (χ2v) is 17.0. The first kappa shape index (κ1) is 42.6. The fourth-order valence-electron chi connectivity index (χ4n) is 7.92. The van der Waals surface area contributed by atoms with Crippen molar-refractivity contribution in [3.05, 3.63) is 44.5 Å². The molecule has 2 aliphatic heterocycles. The summed E-state index contributed by atoms with van der Waals surface area (Å²) < 4.78 is 1.88. The van der Waals surface area contributed by atoms with Crippen molar-refractivity contribution in [3.63, 3.8) is 0 Å². The minimum absolute atomic E-state index is 0.000880. The van der Waals surface area contributed by atoms with E-state index >= 15 is 0 Å². The largest absolute Gasteiger partial charge is 0.465 e. The summed E-state index contributed by atoms with van der Waals surface area (Å²) in [4.78, 5) is 99.1. The van der Waals surface area contributed by atoms with E-state index in [0.29, 0.717) is 79.1 Å². The maximum Gasteiger partial charge on any atom is 0.408 e. The summed E-state index contributed by atoms with van der Waals surface area (Å²) in [7, 11) is 1.92. The van der Waals surface area contributed by atoms with Gasteiger partial charge in [0, 0.05) is 53.6 Å². The Hall–Kier alpha value is -5.47. The molecule has 5 heterocycles. The standard InChI is InChI=1S/C39H48ClN11O8S/c1-49-28(14-21-4-5-21)24(15-45-49)34-26(40)16-44-38(48-34)46-22-6-8-23(9-7-22)50(39(58)59)19-32(54)42-13-3-2-12-41-18-31(53)43-17-29-33-25(20-60-29)36(56)51(37(33)57)27-10-11-30(52)47-35(27)55/h15-16,20-23,27,41H,2-14,17-19H2,1H3,(H,42,54)(H,43,53)(H,58,59)(H,44,46,48)(H,47,52,55)/t22-,23-,27?. The highest BCUT2D eigenvalue weighted by Gasteiger charge is 2.46. The number of thiophene rings is 1. The topological polar surface area (TPSA) is 250 Å². The predicted octanol–water partition coefficient (Wildman–Crippen LogP) is 2.45. The smallest absolute Gasteiger partial charge is 0.408 e. The summed E-state index contributed by atoms with van der Waals surface area (Å²) in [5, 5.41) is 30.5. The first-order chi connectivity index (χ1) is 28.9. The lowest BCUT2D eigenvalue weighted by Crippen LogP contribution is -2.54. The van der Waals surface area contributed by atoms with Crippen molar-refractivity contribution < 1.29 is 38.7 Å². The Kier molecular flexibility index (Phi) is 13.4. The van der Waals surface area contributed by atoms with Crippen molar-refractivity contribution in [2.75, 3.05) is 31.5 Å². The van der Waals surface area contributed by atoms with Crippen molar-refractivity contribution in [2.45, 2.75) is 95.3 Å². The number of carbonyl (C=O) groups is 7. The molecule has 3 aromatic heterocycles. The molecule has 1 saturated heterocycles. The molecule has 0 aromatic carbocycles. The number of aryl methyl sites for hydroxylation is 1. The number of rotatable bonds is 18. The fraction of sp³-hybridized carbons (Fsp3) is 0.538. The Balaban J connectivity index is 0.774. The number of fused-ring (bicyclic) bond motifs is 1. The Morgan fingerprint density at radius 1 is 0.967 bits per heavy atom. The van der Waals surface area contributed by atoms with Crippen molar-refractivity contribution in [3.8, 4) is 11.3 Å². The number of nitrogens with one attached hydrogen (secondary N) is 5. The Morgan fingerprint density at radius 2 is 1.73 bits per heavy atom. The zero-order valence-corrected chi connectivity index (χ0v) is 34.7. The lowest BCUT2D eigenvalue weighted by atomic mass is 9.90. The predicted molar refractivity (Wildman–Crippen MR) is 218 cm³/mol. The van der Waals surface area contributed by atoms with Crippen LogP contribution in [-0.4, -0.2) is 120 Å². The van der Waals surface area contributed by atoms with Crippen molar-refractivity contribution in [1.29, 1.82) is 0 Å². The molecule has 6 N–H and O–H groups in total. The van der Waals surface area contributed by atoms with E-state index in [1.165, 1.54) is 34.5 Å². The van der Waals surface area contributed by atoms with Crippen LogP contribution in [0.4, 0.5) is 10.7 Å². The lowest BCUT2D eigenvalue weighted by molar-refractivity contribution is -0.136. The van der Waals surface area contributed by atoms with Crippen molar-refractivity contribution >= 4 is 70.4 Å². The molecule has 4 aliphatic rings. The van der Waals surface area contributed by atoms with E-state index in [2.05, 4.69) is 36.7 Å². The maximum absolute atomic E-state index is 13.1. The van der Waals surface area contributed by atoms with Crippen LogP contribution in [-0.2, 0) is 39.2 Å². The second kappa shape index (κ2) is 18.8. The van der Waals surface area contributed by atoms with Crippen LogP contribution in [0.1, 0.15) is 95.5 Å². The number of unbranched alkanes of at least 4 members (excludes halogenated alkanes) is 1. The summed E-state index contributed by atoms with van der Waals surface area (Å²) in [5.41, 5.74) is 2.97. The number of anilines is 1. The number of carboxylic acid groups (broad SMARTS) is 1. The summed E-state index contributed by atoms with van der Waals surface area (Å²) in [6, 6.07) is -1.34. The number of hydrogen-bond donors (Lipinski definition) is 6. The number of hydrogen-bond acceptors (Lipinski definition) is 13. The molecule has 19 nitrogen and oxygen atoms in total. The van der Waals surface area contributed by atoms with E-state index < -0.39 is 35.8 Å². The molecule has 320 valence electrons. The quantitative estimate of drug-likeness (QED) is 0.0796. The maximum atomic E-state index is 13.1. The molecule has 3 fully saturated rings. The monoisotopic (exact) mass is 865 g/mol. The molecule has 1 unspecified atom stereocenters. The van der Waals surface area contributed by atoms with E-state index in [1.54, 1.807) is 12.4 Å². The molecular weight excluding hydrogens is 818 g/mol. The van der Waals surface area contributed by atoms with Gasteiger partial charge < -0.3 is 26.4 Å². The molecule has 0 radical (unpaired) electrons. The van der Waals surface area contributed by atoms with Crippen LogP contribution >= 0.6 is 22.9 Å². The van der Waals surface area contributed by atoms with E-state index in [1.807, 2.05) is 11.7 Å². The van der Waals surface area contributed by atoms with Gasteiger partial charge in [0.25, 0.3) is 11.8 Å². The van der Waals surface area contributed by atoms with Gasteiger partial charge in [-0.25, -0.2) is 14.8 Å². The summed E-state index contributed by atoms with van der Waals surface area (Å²) in [6.45, 7) is 0.579. The normalized spacial score (nSPS) is 20.2. The van der Waals surface area contributed by atoms with Crippen LogP contribution in [0.15, 0.2) is 17.8 Å². The van der Waals surface area contributed by atoms with Gasteiger partial charge in [0.05, 0.1) is 47.3 Å². The molecule has 1 atom stereocenters. The molecule has 7 amide bonds. The molecule has 7 rings (SSSR count). The van der Waals surface area contributed by atoms with E-state index in [0.717, 1.165) is 22.6 Å². The SMILES string of the molecule is Cn1ncc(-c2nc(N[C@H]3CC[C@H](N(CC(=O)NCCCCNCC(=O)NCc4scc5c4C(=O)N(C4CCC(=O)NC4=O)C5=O)C(=O)O)CC3)ncc2Cl)c1CC1CC1. The van der Waals surface area contributed by atoms with Crippen LogP contribution in [0.5, 0.6) is 0 Å². The number of nitrogens with zero attached hydrogens (tertiary/aromatic N) is 6. The average Bonchev–Trinajstić information content (AvgIpc) is 3.75. The Bertz CT molecular complexity index is 2170. The summed E-state index contributed by atoms with van der Waals surface area (Å²) in [6.07, 6.45) is 9.39. The van der Waals surface area contributed by atoms with E-state index in [4.69, 9.17) is 16.6 Å². The van der Waals surface area contributed by atoms with Crippen molar-refractivity contribution in [1.82, 2.24) is 50.8 Å². The van der Waals surface area contributed by atoms with E-state index in [9.17, 15) is 38.7 Å². The molecule has 3 aromatic rings. The molecule has 21 heteroatoms. The average molecular weight is 866 g/mol. The lowest BCUT2D eigenvalue weighted by Gasteiger charge is -2.35. The van der Waals surface area contributed by atoms with Crippen LogP contribution in [0.25, 0.3) is 11.3 Å². The number of carbonyl (C=O) groups excluding carboxylic acids is 6. The van der Waals surface area contributed by atoms with Gasteiger partial charge in [-0.15, -0.1) is 11.3 Å². The number of halogens is 1. The van der Waals surface area contributed by atoms with Crippen LogP contribution in [0, 0.1) is 5.92 Å². The molecule has 60 heavy (non-hydrogen) atoms. The van der Waals surface area contributed by atoms with Crippen LogP contribution < -0.4 is 26.6 Å². The second-order valence-electron chi connectivity index (χ2n) is 15.6. The van der Waals surface area contributed by atoms with Gasteiger partial charge in [-0.05, 0) is 76.7 Å². The third kappa shape index (κ3) is 9.93. The Labute approximate surface area is 354 Å². The molecular formula is C39H48ClN11O8S. The highest BCUT2D eigenvalue weighted by Crippen LogP contribution is 2.37. The first-order valence-electron chi connectivity index (χ1n) is 20.2. The van der Waals surface area contributed by atoms with Gasteiger partial charge in [0.1, 0.15) is 12.6 Å². The van der Waals surface area contributed by atoms with Gasteiger partial charge in [-0.1, -0.05) is 11.6 Å². The summed E-state index contributed by atoms with van der Waals surface area (Å²) >= 11 is 7.71. The highest BCUT2D eigenvalue weighted by molar-refractivity contribution is 7.10. The van der Waals surface area contributed by atoms with Crippen LogP contribution in [0.3, 0.4) is 0 Å². The number of imide groups is 2. The number of amides is 7. The third-order valence-corrected chi connectivity index (χ3v) is 12.6. The molecule has 2 saturated carbocycles. The zero-order valence-electron chi connectivity index (χ0n) is 33.1. The highest BCUT2D eigenvalue weighted by atomic mass is 35.5. The molecule has 0 bridgehead atoms. The van der Waals surface area contributed by atoms with Gasteiger partial charge >= 0.3 is 6.09 Å². The summed E-state index contributed by atoms with van der Waals surface area (Å²) in [5.74, 6) is -1.95. The van der Waals surface area contributed by atoms with Gasteiger partial charge in [-0.3, -0.25) is 48.6 Å². The van der Waals surface area contributed by atoms with Crippen LogP contribution in [0.2, 0.25) is 5.02 Å². The van der Waals surface area contributed by atoms with E-state index in [-0.39, 0.29) is 67.5 Å². The first-order valence-corrected chi connectivity index (χ1v) is 21.5. The zero-order chi connectivity index (χ0) is 42.5. The van der Waals surface area contributed by atoms with Gasteiger partial charge in [0.15, 0.2) is 0 Å². The Morgan fingerprint density at radius 3 is 2.47 bits per heavy atom. The van der Waals surface area contributed by atoms with Gasteiger partial charge in [0.2, 0.25) is 29.6 Å². The van der Waals surface area contributed by atoms with Crippen molar-refractivity contribution in [2.24, 2.45) is 13.0 Å². The molecule has 2 aliphatic carbocycles.